The van der Waals surface area contributed by atoms with Gasteiger partial charge in [0.05, 0.1) is 0 Å². The fraction of sp³-hybridized carbons (Fsp3) is 0.500. The summed E-state index contributed by atoms with van der Waals surface area (Å²) in [5.74, 6) is 0. The van der Waals surface area contributed by atoms with Gasteiger partial charge in [-0.15, -0.1) is 6.42 Å². The quantitative estimate of drug-likeness (QED) is 0.537. The maximum absolute atomic E-state index is 7.00. The van der Waals surface area contributed by atoms with E-state index >= 15 is 0 Å². The van der Waals surface area contributed by atoms with Gasteiger partial charge in [-0.1, -0.05) is 0 Å². The second kappa shape index (κ2) is 42.9. The van der Waals surface area contributed by atoms with Gasteiger partial charge in [0.1, 0.15) is 0 Å². The van der Waals surface area contributed by atoms with Crippen molar-refractivity contribution in [2.75, 3.05) is 21.3 Å². The average Bonchev–Trinajstić information content (AvgIpc) is 2.71. The summed E-state index contributed by atoms with van der Waals surface area (Å²) in [4.78, 5) is 0. The monoisotopic (exact) mass is 251 g/mol. The summed E-state index contributed by atoms with van der Waals surface area (Å²) in [5.41, 5.74) is 0. The first kappa shape index (κ1) is 22.8. The van der Waals surface area contributed by atoms with Crippen LogP contribution in [0.3, 0.4) is 0 Å². The van der Waals surface area contributed by atoms with E-state index in [0.29, 0.717) is 0 Å². The van der Waals surface area contributed by atoms with Gasteiger partial charge in [0.15, 0.2) is 0 Å². The molecule has 0 saturated carbocycles. The molecule has 0 atom stereocenters. The van der Waals surface area contributed by atoms with E-state index in [4.69, 9.17) is 15.3 Å². The van der Waals surface area contributed by atoms with Crippen LogP contribution in [0.15, 0.2) is 18.2 Å². The first-order chi connectivity index (χ1) is 5.50. The summed E-state index contributed by atoms with van der Waals surface area (Å²) in [6, 6.07) is 0. The molecule has 0 aliphatic heterocycles. The van der Waals surface area contributed by atoms with E-state index in [1.54, 1.807) is 0 Å². The summed E-state index contributed by atoms with van der Waals surface area (Å²) < 4.78 is 0. The maximum atomic E-state index is 7.00. The third-order valence-electron chi connectivity index (χ3n) is 0.586. The third-order valence-corrected chi connectivity index (χ3v) is 0.586. The third kappa shape index (κ3) is 31.8. The van der Waals surface area contributed by atoms with Crippen LogP contribution in [0, 0.1) is 6.08 Å². The molecule has 0 amide bonds. The van der Waals surface area contributed by atoms with Gasteiger partial charge in [-0.2, -0.15) is 6.08 Å². The van der Waals surface area contributed by atoms with E-state index in [-0.39, 0.29) is 26.2 Å². The predicted octanol–water partition coefficient (Wildman–Crippen LogP) is 0.129. The normalized spacial score (nSPS) is 8.83. The Bertz CT molecular complexity index is 72.4. The Balaban J connectivity index is -0.0000000406. The molecule has 0 aromatic carbocycles. The van der Waals surface area contributed by atoms with Crippen molar-refractivity contribution in [2.45, 2.75) is 6.42 Å². The van der Waals surface area contributed by atoms with Crippen LogP contribution in [0.5, 0.6) is 0 Å². The summed E-state index contributed by atoms with van der Waals surface area (Å²) in [6.45, 7) is 0. The van der Waals surface area contributed by atoms with Gasteiger partial charge in [0.2, 0.25) is 0 Å². The number of hydrogen-bond acceptors (Lipinski definition) is 3. The van der Waals surface area contributed by atoms with Crippen LogP contribution < -0.4 is 0 Å². The minimum atomic E-state index is 0. The SMILES string of the molecule is CO.CO.CO.[C-]1=CC=CC1.[Zr]. The van der Waals surface area contributed by atoms with Gasteiger partial charge in [0.25, 0.3) is 0 Å². The molecule has 1 aliphatic rings. The maximum Gasteiger partial charge on any atom is 0.0319 e. The molecule has 0 heterocycles. The van der Waals surface area contributed by atoms with E-state index in [9.17, 15) is 0 Å². The zero-order valence-corrected chi connectivity index (χ0v) is 10.2. The Morgan fingerprint density at radius 1 is 1.00 bits per heavy atom. The van der Waals surface area contributed by atoms with Crippen molar-refractivity contribution in [1.29, 1.82) is 0 Å². The largest absolute Gasteiger partial charge is 0.400 e. The van der Waals surface area contributed by atoms with Crippen molar-refractivity contribution < 1.29 is 41.5 Å². The number of allylic oxidation sites excluding steroid dienone is 4. The standard InChI is InChI=1S/C5H5.3CH4O.Zr/c1-2-4-5-3-1;3*1-2;/h1-3H,4H2;3*2H,1H3;/q-1;;;;. The van der Waals surface area contributed by atoms with Crippen molar-refractivity contribution in [2.24, 2.45) is 0 Å². The van der Waals surface area contributed by atoms with Gasteiger partial charge >= 0.3 is 0 Å². The second-order valence-electron chi connectivity index (χ2n) is 1.00. The first-order valence-electron chi connectivity index (χ1n) is 3.06. The van der Waals surface area contributed by atoms with Crippen molar-refractivity contribution in [3.8, 4) is 0 Å². The smallest absolute Gasteiger partial charge is 0.0319 e. The molecule has 0 aromatic heterocycles. The summed E-state index contributed by atoms with van der Waals surface area (Å²) >= 11 is 0. The molecule has 0 unspecified atom stereocenters. The Kier molecular flexibility index (Phi) is 81.4. The van der Waals surface area contributed by atoms with Crippen LogP contribution in [-0.2, 0) is 26.2 Å². The van der Waals surface area contributed by atoms with Crippen LogP contribution in [0.1, 0.15) is 6.42 Å². The topological polar surface area (TPSA) is 60.7 Å². The minimum absolute atomic E-state index is 0. The molecule has 0 spiro atoms. The van der Waals surface area contributed by atoms with Gasteiger partial charge in [-0.05, 0) is 0 Å². The zero-order valence-electron chi connectivity index (χ0n) is 7.78. The molecule has 3 N–H and O–H groups in total. The summed E-state index contributed by atoms with van der Waals surface area (Å²) in [5, 5.41) is 21.0. The van der Waals surface area contributed by atoms with Crippen molar-refractivity contribution >= 4 is 0 Å². The van der Waals surface area contributed by atoms with Crippen LogP contribution in [0.4, 0.5) is 0 Å². The van der Waals surface area contributed by atoms with E-state index in [1.807, 2.05) is 12.2 Å². The van der Waals surface area contributed by atoms with Crippen molar-refractivity contribution in [3.05, 3.63) is 24.3 Å². The van der Waals surface area contributed by atoms with E-state index in [2.05, 4.69) is 12.2 Å². The summed E-state index contributed by atoms with van der Waals surface area (Å²) in [7, 11) is 3.00. The predicted molar refractivity (Wildman–Crippen MR) is 46.0 cm³/mol. The molecule has 0 radical (unpaired) electrons. The Hall–Kier alpha value is 0.243. The number of hydrogen-bond donors (Lipinski definition) is 3. The molecule has 3 nitrogen and oxygen atoms in total. The first-order valence-corrected chi connectivity index (χ1v) is 3.06. The molecule has 0 fully saturated rings. The Labute approximate surface area is 93.6 Å². The second-order valence-corrected chi connectivity index (χ2v) is 1.00. The van der Waals surface area contributed by atoms with Gasteiger partial charge in [-0.3, -0.25) is 6.08 Å². The van der Waals surface area contributed by atoms with Crippen molar-refractivity contribution in [1.82, 2.24) is 0 Å². The molecule has 0 bridgehead atoms. The molecule has 12 heavy (non-hydrogen) atoms. The van der Waals surface area contributed by atoms with E-state index in [0.717, 1.165) is 27.8 Å². The van der Waals surface area contributed by atoms with Gasteiger partial charge in [0, 0.05) is 47.5 Å². The fourth-order valence-electron chi connectivity index (χ4n) is 0.340. The van der Waals surface area contributed by atoms with Gasteiger partial charge in [-0.25, -0.2) is 12.2 Å². The minimum Gasteiger partial charge on any atom is -0.400 e. The molecule has 1 aliphatic carbocycles. The summed E-state index contributed by atoms with van der Waals surface area (Å²) in [6.07, 6.45) is 10.0. The van der Waals surface area contributed by atoms with Gasteiger partial charge < -0.3 is 15.3 Å². The molecule has 72 valence electrons. The molecular formula is C8H17O3Zr-. The molecule has 0 aromatic rings. The Morgan fingerprint density at radius 2 is 1.42 bits per heavy atom. The molecule has 1 rings (SSSR count). The molecular weight excluding hydrogens is 235 g/mol. The Morgan fingerprint density at radius 3 is 1.50 bits per heavy atom. The molecule has 4 heteroatoms. The van der Waals surface area contributed by atoms with Crippen LogP contribution in [-0.4, -0.2) is 36.6 Å². The van der Waals surface area contributed by atoms with Crippen LogP contribution in [0.2, 0.25) is 0 Å². The number of aliphatic hydroxyl groups excluding tert-OH is 3. The zero-order chi connectivity index (χ0) is 9.54. The molecule has 0 saturated heterocycles. The fourth-order valence-corrected chi connectivity index (χ4v) is 0.340. The van der Waals surface area contributed by atoms with E-state index < -0.39 is 0 Å². The van der Waals surface area contributed by atoms with Crippen LogP contribution in [0.25, 0.3) is 0 Å². The number of aliphatic hydroxyl groups is 3. The van der Waals surface area contributed by atoms with E-state index in [1.165, 1.54) is 0 Å². The number of rotatable bonds is 0. The van der Waals surface area contributed by atoms with Crippen molar-refractivity contribution in [3.63, 3.8) is 0 Å². The van der Waals surface area contributed by atoms with Crippen LogP contribution >= 0.6 is 0 Å². The average molecular weight is 252 g/mol.